The van der Waals surface area contributed by atoms with Gasteiger partial charge in [-0.25, -0.2) is 4.98 Å². The molecule has 1 atom stereocenters. The zero-order valence-corrected chi connectivity index (χ0v) is 16.6. The molecule has 29 heavy (non-hydrogen) atoms. The summed E-state index contributed by atoms with van der Waals surface area (Å²) in [5, 5.41) is 5.79. The van der Waals surface area contributed by atoms with Gasteiger partial charge in [0, 0.05) is 36.7 Å². The van der Waals surface area contributed by atoms with Crippen molar-refractivity contribution < 1.29 is 14.0 Å². The normalized spacial score (nSPS) is 23.0. The first-order valence-corrected chi connectivity index (χ1v) is 10.3. The van der Waals surface area contributed by atoms with Crippen LogP contribution in [0, 0.1) is 5.41 Å². The Labute approximate surface area is 172 Å². The molecule has 3 aliphatic rings. The standard InChI is InChI=1S/C19H22N4O3.C2H6.CH4/c24-16-4-2-13(17(25)22-16)18-21-14-3-1-12(9-15(14)26-18)23-10-19(11-23)5-7-20-8-6-19;1-2;/h1,3,9,13,20H,2,4-8,10-11H2,(H,22,24,25);1-2H3;1H4. The summed E-state index contributed by atoms with van der Waals surface area (Å²) < 4.78 is 5.89. The Hall–Kier alpha value is -2.41. The van der Waals surface area contributed by atoms with E-state index in [1.54, 1.807) is 0 Å². The number of piperidine rings is 2. The summed E-state index contributed by atoms with van der Waals surface area (Å²) in [5.41, 5.74) is 3.08. The van der Waals surface area contributed by atoms with E-state index in [1.165, 1.54) is 12.8 Å². The van der Waals surface area contributed by atoms with Crippen LogP contribution in [0.2, 0.25) is 0 Å². The number of carbonyl (C=O) groups excluding carboxylic acids is 2. The average Bonchev–Trinajstić information content (AvgIpc) is 3.11. The van der Waals surface area contributed by atoms with E-state index in [2.05, 4.69) is 26.6 Å². The molecule has 3 aliphatic heterocycles. The molecule has 2 N–H and O–H groups in total. The molecule has 2 aromatic rings. The second-order valence-electron chi connectivity index (χ2n) is 7.81. The molecule has 1 aromatic heterocycles. The minimum atomic E-state index is -0.481. The van der Waals surface area contributed by atoms with Crippen molar-refractivity contribution in [1.29, 1.82) is 0 Å². The number of aromatic nitrogens is 1. The Balaban J connectivity index is 0.000000778. The van der Waals surface area contributed by atoms with Crippen molar-refractivity contribution in [2.45, 2.75) is 52.9 Å². The van der Waals surface area contributed by atoms with Crippen LogP contribution in [0.25, 0.3) is 11.1 Å². The molecule has 1 aromatic carbocycles. The topological polar surface area (TPSA) is 87.5 Å². The van der Waals surface area contributed by atoms with Crippen LogP contribution in [-0.4, -0.2) is 43.0 Å². The van der Waals surface area contributed by atoms with Crippen molar-refractivity contribution in [1.82, 2.24) is 15.6 Å². The van der Waals surface area contributed by atoms with E-state index in [4.69, 9.17) is 4.42 Å². The van der Waals surface area contributed by atoms with Crippen molar-refractivity contribution in [2.75, 3.05) is 31.1 Å². The third kappa shape index (κ3) is 4.01. The number of oxazole rings is 1. The fourth-order valence-electron chi connectivity index (χ4n) is 4.43. The first-order valence-electron chi connectivity index (χ1n) is 10.3. The van der Waals surface area contributed by atoms with Crippen molar-refractivity contribution in [3.8, 4) is 0 Å². The van der Waals surface area contributed by atoms with Gasteiger partial charge in [-0.15, -0.1) is 0 Å². The first-order chi connectivity index (χ1) is 13.6. The number of nitrogens with one attached hydrogen (secondary N) is 2. The average molecular weight is 401 g/mol. The van der Waals surface area contributed by atoms with Gasteiger partial charge in [-0.05, 0) is 44.5 Å². The minimum Gasteiger partial charge on any atom is -0.440 e. The Morgan fingerprint density at radius 2 is 1.90 bits per heavy atom. The highest BCUT2D eigenvalue weighted by Gasteiger charge is 2.43. The van der Waals surface area contributed by atoms with Crippen LogP contribution < -0.4 is 15.5 Å². The van der Waals surface area contributed by atoms with Gasteiger partial charge in [-0.3, -0.25) is 14.9 Å². The lowest BCUT2D eigenvalue weighted by molar-refractivity contribution is -0.134. The number of fused-ring (bicyclic) bond motifs is 1. The van der Waals surface area contributed by atoms with E-state index in [0.717, 1.165) is 37.4 Å². The van der Waals surface area contributed by atoms with Crippen LogP contribution in [-0.2, 0) is 9.59 Å². The van der Waals surface area contributed by atoms with Gasteiger partial charge in [0.15, 0.2) is 5.58 Å². The summed E-state index contributed by atoms with van der Waals surface area (Å²) >= 11 is 0. The van der Waals surface area contributed by atoms with Gasteiger partial charge in [0.1, 0.15) is 11.4 Å². The number of anilines is 1. The first kappa shape index (κ1) is 21.3. The van der Waals surface area contributed by atoms with Crippen LogP contribution >= 0.6 is 0 Å². The van der Waals surface area contributed by atoms with Gasteiger partial charge in [0.25, 0.3) is 0 Å². The third-order valence-electron chi connectivity index (χ3n) is 6.01. The summed E-state index contributed by atoms with van der Waals surface area (Å²) in [5.74, 6) is -0.621. The molecule has 0 saturated carbocycles. The van der Waals surface area contributed by atoms with Gasteiger partial charge >= 0.3 is 0 Å². The fourth-order valence-corrected chi connectivity index (χ4v) is 4.43. The number of amides is 2. The monoisotopic (exact) mass is 400 g/mol. The molecule has 1 spiro atoms. The zero-order chi connectivity index (χ0) is 19.7. The molecule has 3 saturated heterocycles. The molecule has 7 nitrogen and oxygen atoms in total. The quantitative estimate of drug-likeness (QED) is 0.753. The number of imide groups is 1. The van der Waals surface area contributed by atoms with Gasteiger partial charge in [0.05, 0.1) is 0 Å². The van der Waals surface area contributed by atoms with Crippen molar-refractivity contribution in [3.05, 3.63) is 24.1 Å². The Kier molecular flexibility index (Phi) is 6.27. The molecule has 5 rings (SSSR count). The smallest absolute Gasteiger partial charge is 0.239 e. The molecular weight excluding hydrogens is 368 g/mol. The van der Waals surface area contributed by atoms with Gasteiger partial charge in [0.2, 0.25) is 17.7 Å². The lowest BCUT2D eigenvalue weighted by atomic mass is 9.72. The van der Waals surface area contributed by atoms with Gasteiger partial charge in [-0.2, -0.15) is 0 Å². The summed E-state index contributed by atoms with van der Waals surface area (Å²) in [4.78, 5) is 30.2. The summed E-state index contributed by atoms with van der Waals surface area (Å²) in [7, 11) is 0. The number of hydrogen-bond donors (Lipinski definition) is 2. The molecule has 3 fully saturated rings. The van der Waals surface area contributed by atoms with Crippen LogP contribution in [0.5, 0.6) is 0 Å². The van der Waals surface area contributed by atoms with Crippen molar-refractivity contribution >= 4 is 28.6 Å². The molecule has 158 valence electrons. The number of carbonyl (C=O) groups is 2. The number of benzene rings is 1. The SMILES string of the molecule is C.CC.O=C1CCC(c2nc3ccc(N4CC5(CCNCC5)C4)cc3o2)C(=O)N1. The molecule has 4 heterocycles. The van der Waals surface area contributed by atoms with Crippen molar-refractivity contribution in [3.63, 3.8) is 0 Å². The largest absolute Gasteiger partial charge is 0.440 e. The fraction of sp³-hybridized carbons (Fsp3) is 0.591. The zero-order valence-electron chi connectivity index (χ0n) is 16.6. The lowest BCUT2D eigenvalue weighted by Gasteiger charge is -2.53. The van der Waals surface area contributed by atoms with Crippen molar-refractivity contribution in [2.24, 2.45) is 5.41 Å². The van der Waals surface area contributed by atoms with E-state index in [0.29, 0.717) is 29.7 Å². The summed E-state index contributed by atoms with van der Waals surface area (Å²) in [6.07, 6.45) is 3.26. The maximum absolute atomic E-state index is 12.0. The van der Waals surface area contributed by atoms with Gasteiger partial charge in [-0.1, -0.05) is 21.3 Å². The van der Waals surface area contributed by atoms with Crippen LogP contribution in [0.1, 0.15) is 58.8 Å². The molecular formula is C22H32N4O3. The molecule has 1 unspecified atom stereocenters. The lowest BCUT2D eigenvalue weighted by Crippen LogP contribution is -2.60. The number of nitrogens with zero attached hydrogens (tertiary/aromatic N) is 2. The van der Waals surface area contributed by atoms with Crippen LogP contribution in [0.15, 0.2) is 22.6 Å². The Bertz CT molecular complexity index is 877. The van der Waals surface area contributed by atoms with Crippen LogP contribution in [0.3, 0.4) is 0 Å². The van der Waals surface area contributed by atoms with E-state index in [-0.39, 0.29) is 19.2 Å². The van der Waals surface area contributed by atoms with E-state index in [1.807, 2.05) is 26.0 Å². The van der Waals surface area contributed by atoms with E-state index >= 15 is 0 Å². The molecule has 7 heteroatoms. The van der Waals surface area contributed by atoms with Gasteiger partial charge < -0.3 is 14.6 Å². The molecule has 0 bridgehead atoms. The Morgan fingerprint density at radius 3 is 2.59 bits per heavy atom. The second-order valence-corrected chi connectivity index (χ2v) is 7.81. The highest BCUT2D eigenvalue weighted by Crippen LogP contribution is 2.41. The minimum absolute atomic E-state index is 0. The number of rotatable bonds is 2. The summed E-state index contributed by atoms with van der Waals surface area (Å²) in [6, 6.07) is 6.05. The highest BCUT2D eigenvalue weighted by atomic mass is 16.3. The molecule has 0 aliphatic carbocycles. The molecule has 2 amide bonds. The van der Waals surface area contributed by atoms with E-state index in [9.17, 15) is 9.59 Å². The maximum Gasteiger partial charge on any atom is 0.239 e. The maximum atomic E-state index is 12.0. The number of hydrogen-bond acceptors (Lipinski definition) is 6. The predicted octanol–water partition coefficient (Wildman–Crippen LogP) is 3.20. The summed E-state index contributed by atoms with van der Waals surface area (Å²) in [6.45, 7) is 8.41. The third-order valence-corrected chi connectivity index (χ3v) is 6.01. The second kappa shape index (κ2) is 8.53. The van der Waals surface area contributed by atoms with E-state index < -0.39 is 5.92 Å². The highest BCUT2D eigenvalue weighted by molar-refractivity contribution is 6.00. The predicted molar refractivity (Wildman–Crippen MR) is 114 cm³/mol. The van der Waals surface area contributed by atoms with Crippen LogP contribution in [0.4, 0.5) is 5.69 Å². The molecule has 0 radical (unpaired) electrons. The Morgan fingerprint density at radius 1 is 1.17 bits per heavy atom.